The van der Waals surface area contributed by atoms with Crippen molar-refractivity contribution in [1.29, 1.82) is 0 Å². The molecule has 0 unspecified atom stereocenters. The first-order chi connectivity index (χ1) is 8.61. The van der Waals surface area contributed by atoms with Crippen LogP contribution in [0.2, 0.25) is 0 Å². The molecule has 1 aliphatic heterocycles. The van der Waals surface area contributed by atoms with Crippen molar-refractivity contribution < 1.29 is 0 Å². The number of thioether (sulfide) groups is 1. The van der Waals surface area contributed by atoms with Gasteiger partial charge in [-0.3, -0.25) is 4.98 Å². The third-order valence-corrected chi connectivity index (χ3v) is 4.58. The minimum Gasteiger partial charge on any atom is -0.354 e. The summed E-state index contributed by atoms with van der Waals surface area (Å²) in [5.41, 5.74) is 0.991. The highest BCUT2D eigenvalue weighted by molar-refractivity contribution is 8.00. The van der Waals surface area contributed by atoms with E-state index in [1.165, 1.54) is 6.42 Å². The molecule has 1 aliphatic rings. The van der Waals surface area contributed by atoms with Gasteiger partial charge >= 0.3 is 0 Å². The maximum Gasteiger partial charge on any atom is 0.147 e. The van der Waals surface area contributed by atoms with Crippen LogP contribution in [-0.4, -0.2) is 40.6 Å². The van der Waals surface area contributed by atoms with Crippen molar-refractivity contribution in [2.24, 2.45) is 0 Å². The number of nitrogens with one attached hydrogen (secondary N) is 1. The summed E-state index contributed by atoms with van der Waals surface area (Å²) in [6.07, 6.45) is 4.96. The van der Waals surface area contributed by atoms with E-state index in [-0.39, 0.29) is 0 Å². The van der Waals surface area contributed by atoms with E-state index in [1.54, 1.807) is 0 Å². The zero-order valence-electron chi connectivity index (χ0n) is 11.4. The van der Waals surface area contributed by atoms with Crippen LogP contribution in [0.1, 0.15) is 26.0 Å². The molecule has 1 aromatic heterocycles. The van der Waals surface area contributed by atoms with Gasteiger partial charge in [0.1, 0.15) is 5.82 Å². The van der Waals surface area contributed by atoms with E-state index in [9.17, 15) is 0 Å². The summed E-state index contributed by atoms with van der Waals surface area (Å²) < 4.78 is 0.383. The molecule has 0 bridgehead atoms. The van der Waals surface area contributed by atoms with E-state index in [4.69, 9.17) is 0 Å². The van der Waals surface area contributed by atoms with Gasteiger partial charge in [-0.1, -0.05) is 13.8 Å². The predicted molar refractivity (Wildman–Crippen MR) is 78.2 cm³/mol. The number of hydrogen-bond acceptors (Lipinski definition) is 5. The monoisotopic (exact) mass is 266 g/mol. The molecule has 0 saturated carbocycles. The fraction of sp³-hybridized carbons (Fsp3) is 0.692. The molecule has 0 aliphatic carbocycles. The summed E-state index contributed by atoms with van der Waals surface area (Å²) in [6, 6.07) is 0. The first-order valence-corrected chi connectivity index (χ1v) is 7.44. The molecule has 0 spiro atoms. The fourth-order valence-electron chi connectivity index (χ4n) is 2.03. The number of anilines is 1. The molecule has 18 heavy (non-hydrogen) atoms. The second kappa shape index (κ2) is 5.89. The summed E-state index contributed by atoms with van der Waals surface area (Å²) in [7, 11) is 1.92. The Morgan fingerprint density at radius 1 is 1.33 bits per heavy atom. The number of nitrogens with zero attached hydrogens (tertiary/aromatic N) is 3. The van der Waals surface area contributed by atoms with Crippen molar-refractivity contribution >= 4 is 17.6 Å². The number of rotatable bonds is 3. The third kappa shape index (κ3) is 3.59. The van der Waals surface area contributed by atoms with E-state index < -0.39 is 0 Å². The van der Waals surface area contributed by atoms with Crippen LogP contribution >= 0.6 is 11.8 Å². The normalized spacial score (nSPS) is 19.6. The Balaban J connectivity index is 2.02. The second-order valence-corrected chi connectivity index (χ2v) is 7.04. The molecule has 100 valence electrons. The molecule has 4 nitrogen and oxygen atoms in total. The van der Waals surface area contributed by atoms with E-state index in [1.807, 2.05) is 19.4 Å². The topological polar surface area (TPSA) is 41.1 Å². The molecule has 1 aromatic rings. The number of aromatic nitrogens is 2. The molecule has 0 amide bonds. The van der Waals surface area contributed by atoms with Crippen molar-refractivity contribution in [3.8, 4) is 0 Å². The van der Waals surface area contributed by atoms with Crippen molar-refractivity contribution in [1.82, 2.24) is 15.3 Å². The molecule has 2 rings (SSSR count). The zero-order valence-corrected chi connectivity index (χ0v) is 12.3. The van der Waals surface area contributed by atoms with Crippen LogP contribution in [-0.2, 0) is 6.54 Å². The standard InChI is InChI=1S/C13H22N4S/c1-13(2)4-5-17(6-7-18-13)12-10-15-11(8-14-3)9-16-12/h9-10,14H,4-8H2,1-3H3. The van der Waals surface area contributed by atoms with Crippen LogP contribution in [0.3, 0.4) is 0 Å². The predicted octanol–water partition coefficient (Wildman–Crippen LogP) is 1.92. The fourth-order valence-corrected chi connectivity index (χ4v) is 3.13. The first kappa shape index (κ1) is 13.6. The molecule has 1 saturated heterocycles. The highest BCUT2D eigenvalue weighted by Gasteiger charge is 2.24. The molecule has 5 heteroatoms. The van der Waals surface area contributed by atoms with Gasteiger partial charge in [-0.25, -0.2) is 4.98 Å². The van der Waals surface area contributed by atoms with Crippen molar-refractivity contribution in [2.45, 2.75) is 31.6 Å². The highest BCUT2D eigenvalue weighted by atomic mass is 32.2. The molecular formula is C13H22N4S. The molecule has 1 N–H and O–H groups in total. The Labute approximate surface area is 114 Å². The molecule has 0 aromatic carbocycles. The lowest BCUT2D eigenvalue weighted by molar-refractivity contribution is 0.634. The lowest BCUT2D eigenvalue weighted by Gasteiger charge is -2.23. The maximum absolute atomic E-state index is 4.52. The number of hydrogen-bond donors (Lipinski definition) is 1. The van der Waals surface area contributed by atoms with E-state index >= 15 is 0 Å². The summed E-state index contributed by atoms with van der Waals surface area (Å²) >= 11 is 2.05. The average molecular weight is 266 g/mol. The minimum absolute atomic E-state index is 0.383. The van der Waals surface area contributed by atoms with Gasteiger partial charge in [0, 0.05) is 30.1 Å². The Kier molecular flexibility index (Phi) is 4.45. The largest absolute Gasteiger partial charge is 0.354 e. The smallest absolute Gasteiger partial charge is 0.147 e. The van der Waals surface area contributed by atoms with Crippen LogP contribution in [0.5, 0.6) is 0 Å². The van der Waals surface area contributed by atoms with Crippen LogP contribution in [0.15, 0.2) is 12.4 Å². The summed E-state index contributed by atoms with van der Waals surface area (Å²) in [5, 5.41) is 3.08. The summed E-state index contributed by atoms with van der Waals surface area (Å²) in [4.78, 5) is 11.3. The average Bonchev–Trinajstić information content (AvgIpc) is 2.52. The van der Waals surface area contributed by atoms with Gasteiger partial charge in [-0.05, 0) is 13.5 Å². The van der Waals surface area contributed by atoms with Crippen LogP contribution in [0.4, 0.5) is 5.82 Å². The SMILES string of the molecule is CNCc1cnc(N2CCSC(C)(C)CC2)cn1. The van der Waals surface area contributed by atoms with Gasteiger partial charge in [0.25, 0.3) is 0 Å². The highest BCUT2D eigenvalue weighted by Crippen LogP contribution is 2.31. The third-order valence-electron chi connectivity index (χ3n) is 3.21. The zero-order chi connectivity index (χ0) is 13.0. The van der Waals surface area contributed by atoms with Crippen molar-refractivity contribution in [3.05, 3.63) is 18.1 Å². The molecule has 0 atom stereocenters. The van der Waals surface area contributed by atoms with E-state index in [0.29, 0.717) is 4.75 Å². The Morgan fingerprint density at radius 2 is 2.17 bits per heavy atom. The van der Waals surface area contributed by atoms with Crippen LogP contribution in [0, 0.1) is 0 Å². The lowest BCUT2D eigenvalue weighted by Crippen LogP contribution is -2.28. The van der Waals surface area contributed by atoms with E-state index in [0.717, 1.165) is 36.9 Å². The minimum atomic E-state index is 0.383. The van der Waals surface area contributed by atoms with Gasteiger partial charge in [0.2, 0.25) is 0 Å². The van der Waals surface area contributed by atoms with Gasteiger partial charge < -0.3 is 10.2 Å². The summed E-state index contributed by atoms with van der Waals surface area (Å²) in [6.45, 7) is 7.55. The van der Waals surface area contributed by atoms with Gasteiger partial charge in [0.05, 0.1) is 18.1 Å². The van der Waals surface area contributed by atoms with Gasteiger partial charge in [-0.2, -0.15) is 11.8 Å². The Bertz CT molecular complexity index is 377. The van der Waals surface area contributed by atoms with Crippen LogP contribution in [0.25, 0.3) is 0 Å². The molecular weight excluding hydrogens is 244 g/mol. The van der Waals surface area contributed by atoms with E-state index in [2.05, 4.69) is 45.8 Å². The van der Waals surface area contributed by atoms with Crippen LogP contribution < -0.4 is 10.2 Å². The second-order valence-electron chi connectivity index (χ2n) is 5.24. The molecule has 0 radical (unpaired) electrons. The van der Waals surface area contributed by atoms with Gasteiger partial charge in [0.15, 0.2) is 0 Å². The molecule has 1 fully saturated rings. The Morgan fingerprint density at radius 3 is 2.83 bits per heavy atom. The summed E-state index contributed by atoms with van der Waals surface area (Å²) in [5.74, 6) is 2.17. The Hall–Kier alpha value is -0.810. The molecule has 2 heterocycles. The lowest BCUT2D eigenvalue weighted by atomic mass is 10.1. The van der Waals surface area contributed by atoms with Crippen molar-refractivity contribution in [3.63, 3.8) is 0 Å². The first-order valence-electron chi connectivity index (χ1n) is 6.45. The van der Waals surface area contributed by atoms with Gasteiger partial charge in [-0.15, -0.1) is 0 Å². The van der Waals surface area contributed by atoms with Crippen molar-refractivity contribution in [2.75, 3.05) is 30.8 Å². The maximum atomic E-state index is 4.52. The quantitative estimate of drug-likeness (QED) is 0.905.